The highest BCUT2D eigenvalue weighted by Gasteiger charge is 2.23. The average molecular weight is 375 g/mol. The molecule has 0 amide bonds. The van der Waals surface area contributed by atoms with Gasteiger partial charge in [-0.2, -0.15) is 4.98 Å². The third-order valence-electron chi connectivity index (χ3n) is 5.08. The number of aromatic nitrogens is 3. The van der Waals surface area contributed by atoms with Crippen molar-refractivity contribution in [1.82, 2.24) is 19.4 Å². The minimum absolute atomic E-state index is 0.104. The van der Waals surface area contributed by atoms with Gasteiger partial charge in [0.15, 0.2) is 0 Å². The Bertz CT molecular complexity index is 855. The summed E-state index contributed by atoms with van der Waals surface area (Å²) in [5, 5.41) is 3.09. The first-order chi connectivity index (χ1) is 13.0. The van der Waals surface area contributed by atoms with Crippen molar-refractivity contribution in [3.8, 4) is 0 Å². The lowest BCUT2D eigenvalue weighted by molar-refractivity contribution is 0.170. The summed E-state index contributed by atoms with van der Waals surface area (Å²) in [6.07, 6.45) is 1.27. The number of halogens is 1. The van der Waals surface area contributed by atoms with E-state index in [2.05, 4.69) is 15.3 Å². The first-order valence-electron chi connectivity index (χ1n) is 9.32. The number of alkyl halides is 1. The molecule has 3 rings (SSSR count). The molecule has 0 aliphatic carbocycles. The van der Waals surface area contributed by atoms with Crippen LogP contribution >= 0.6 is 0 Å². The van der Waals surface area contributed by atoms with E-state index in [1.165, 1.54) is 4.57 Å². The predicted molar refractivity (Wildman–Crippen MR) is 103 cm³/mol. The van der Waals surface area contributed by atoms with Crippen LogP contribution in [0.2, 0.25) is 0 Å². The summed E-state index contributed by atoms with van der Waals surface area (Å²) in [6, 6.07) is 7.69. The normalized spacial score (nSPS) is 17.0. The summed E-state index contributed by atoms with van der Waals surface area (Å²) in [5.74, 6) is 0.171. The highest BCUT2D eigenvalue weighted by molar-refractivity contribution is 5.32. The van der Waals surface area contributed by atoms with E-state index in [9.17, 15) is 14.0 Å². The molecule has 0 spiro atoms. The molecular formula is C19H26FN5O2. The van der Waals surface area contributed by atoms with Crippen molar-refractivity contribution in [2.24, 2.45) is 0 Å². The minimum atomic E-state index is -0.554. The number of nitrogens with zero attached hydrogens (tertiary/aromatic N) is 3. The summed E-state index contributed by atoms with van der Waals surface area (Å²) in [5.41, 5.74) is 1.17. The number of rotatable bonds is 6. The number of hydrogen-bond acceptors (Lipinski definition) is 5. The molecule has 8 heteroatoms. The van der Waals surface area contributed by atoms with Crippen LogP contribution in [0.25, 0.3) is 0 Å². The zero-order valence-corrected chi connectivity index (χ0v) is 15.7. The van der Waals surface area contributed by atoms with E-state index < -0.39 is 11.4 Å². The lowest BCUT2D eigenvalue weighted by Gasteiger charge is -2.31. The highest BCUT2D eigenvalue weighted by Crippen LogP contribution is 2.20. The van der Waals surface area contributed by atoms with Crippen LogP contribution in [0, 0.1) is 6.92 Å². The third-order valence-corrected chi connectivity index (χ3v) is 5.08. The topological polar surface area (TPSA) is 83.0 Å². The van der Waals surface area contributed by atoms with Gasteiger partial charge in [0, 0.05) is 25.7 Å². The number of hydrogen-bond donors (Lipinski definition) is 2. The molecule has 1 aliphatic heterocycles. The van der Waals surface area contributed by atoms with Crippen molar-refractivity contribution in [3.05, 3.63) is 56.4 Å². The maximum absolute atomic E-state index is 12.5. The summed E-state index contributed by atoms with van der Waals surface area (Å²) in [6.45, 7) is 5.31. The van der Waals surface area contributed by atoms with Gasteiger partial charge in [-0.05, 0) is 32.3 Å². The second-order valence-electron chi connectivity index (χ2n) is 7.09. The maximum Gasteiger partial charge on any atom is 0.355 e. The lowest BCUT2D eigenvalue weighted by Crippen LogP contribution is -2.45. The van der Waals surface area contributed by atoms with Gasteiger partial charge in [0.1, 0.15) is 6.67 Å². The Labute approximate surface area is 157 Å². The van der Waals surface area contributed by atoms with Crippen LogP contribution < -0.4 is 16.7 Å². The molecular weight excluding hydrogens is 349 g/mol. The van der Waals surface area contributed by atoms with Crippen LogP contribution in [0.4, 0.5) is 10.3 Å². The van der Waals surface area contributed by atoms with Crippen LogP contribution in [0.3, 0.4) is 0 Å². The van der Waals surface area contributed by atoms with Crippen LogP contribution in [-0.4, -0.2) is 45.7 Å². The summed E-state index contributed by atoms with van der Waals surface area (Å²) < 4.78 is 13.6. The number of anilines is 1. The van der Waals surface area contributed by atoms with E-state index in [1.54, 1.807) is 0 Å². The molecule has 1 aromatic carbocycles. The van der Waals surface area contributed by atoms with Gasteiger partial charge in [0.05, 0.1) is 6.04 Å². The van der Waals surface area contributed by atoms with Crippen molar-refractivity contribution in [1.29, 1.82) is 0 Å². The lowest BCUT2D eigenvalue weighted by atomic mass is 10.1. The van der Waals surface area contributed by atoms with Crippen molar-refractivity contribution < 1.29 is 4.39 Å². The molecule has 0 bridgehead atoms. The Hall–Kier alpha value is -2.48. The molecule has 1 aromatic heterocycles. The zero-order valence-electron chi connectivity index (χ0n) is 15.7. The first kappa shape index (κ1) is 19.3. The number of nitrogens with one attached hydrogen (secondary N) is 2. The first-order valence-corrected chi connectivity index (χ1v) is 9.32. The minimum Gasteiger partial charge on any atom is -0.349 e. The SMILES string of the molecule is Cc1cccc([C@H](C)Nc2nc(=O)n(C3CCN(CCF)CC3)c(=O)[nH]2)c1. The molecule has 1 fully saturated rings. The van der Waals surface area contributed by atoms with Crippen LogP contribution in [0.5, 0.6) is 0 Å². The van der Waals surface area contributed by atoms with E-state index in [-0.39, 0.29) is 24.7 Å². The van der Waals surface area contributed by atoms with E-state index in [0.29, 0.717) is 32.5 Å². The molecule has 2 aromatic rings. The summed E-state index contributed by atoms with van der Waals surface area (Å²) >= 11 is 0. The molecule has 1 aliphatic rings. The van der Waals surface area contributed by atoms with Gasteiger partial charge in [-0.3, -0.25) is 4.98 Å². The number of aromatic amines is 1. The van der Waals surface area contributed by atoms with Gasteiger partial charge in [-0.25, -0.2) is 18.5 Å². The van der Waals surface area contributed by atoms with Crippen LogP contribution in [0.1, 0.15) is 43.0 Å². The van der Waals surface area contributed by atoms with Gasteiger partial charge in [-0.15, -0.1) is 0 Å². The van der Waals surface area contributed by atoms with Crippen molar-refractivity contribution in [2.75, 3.05) is 31.6 Å². The van der Waals surface area contributed by atoms with Crippen molar-refractivity contribution in [2.45, 2.75) is 38.8 Å². The molecule has 1 saturated heterocycles. The Morgan fingerprint density at radius 1 is 1.33 bits per heavy atom. The number of piperidine rings is 1. The Morgan fingerprint density at radius 3 is 2.70 bits per heavy atom. The van der Waals surface area contributed by atoms with Crippen molar-refractivity contribution in [3.63, 3.8) is 0 Å². The number of aryl methyl sites for hydroxylation is 1. The predicted octanol–water partition coefficient (Wildman–Crippen LogP) is 2.02. The Morgan fingerprint density at radius 2 is 2.07 bits per heavy atom. The number of H-pyrrole nitrogens is 1. The third kappa shape index (κ3) is 4.63. The van der Waals surface area contributed by atoms with E-state index in [0.717, 1.165) is 11.1 Å². The fraction of sp³-hybridized carbons (Fsp3) is 0.526. The quantitative estimate of drug-likeness (QED) is 0.807. The van der Waals surface area contributed by atoms with E-state index >= 15 is 0 Å². The second kappa shape index (κ2) is 8.47. The van der Waals surface area contributed by atoms with Gasteiger partial charge in [0.2, 0.25) is 5.95 Å². The standard InChI is InChI=1S/C19H26FN5O2/c1-13-4-3-5-15(12-13)14(2)21-17-22-18(26)25(19(27)23-17)16-6-9-24(10-7-16)11-8-20/h3-5,12,14,16H,6-11H2,1-2H3,(H2,21,22,23,26,27)/t14-/m0/s1. The molecule has 2 N–H and O–H groups in total. The van der Waals surface area contributed by atoms with Crippen molar-refractivity contribution >= 4 is 5.95 Å². The van der Waals surface area contributed by atoms with Gasteiger partial charge in [-0.1, -0.05) is 29.8 Å². The summed E-state index contributed by atoms with van der Waals surface area (Å²) in [4.78, 5) is 33.7. The average Bonchev–Trinajstić information content (AvgIpc) is 2.63. The smallest absolute Gasteiger partial charge is 0.349 e. The largest absolute Gasteiger partial charge is 0.355 e. The van der Waals surface area contributed by atoms with E-state index in [4.69, 9.17) is 0 Å². The molecule has 27 heavy (non-hydrogen) atoms. The second-order valence-corrected chi connectivity index (χ2v) is 7.09. The maximum atomic E-state index is 12.5. The van der Waals surface area contributed by atoms with Crippen LogP contribution in [-0.2, 0) is 0 Å². The fourth-order valence-corrected chi connectivity index (χ4v) is 3.56. The van der Waals surface area contributed by atoms with Gasteiger partial charge < -0.3 is 10.2 Å². The Balaban J connectivity index is 1.74. The molecule has 0 saturated carbocycles. The Kier molecular flexibility index (Phi) is 6.05. The fourth-order valence-electron chi connectivity index (χ4n) is 3.56. The number of benzene rings is 1. The highest BCUT2D eigenvalue weighted by atomic mass is 19.1. The molecule has 1 atom stereocenters. The van der Waals surface area contributed by atoms with Gasteiger partial charge in [0.25, 0.3) is 0 Å². The van der Waals surface area contributed by atoms with E-state index in [1.807, 2.05) is 43.0 Å². The number of likely N-dealkylation sites (tertiary alicyclic amines) is 1. The monoisotopic (exact) mass is 375 g/mol. The molecule has 2 heterocycles. The molecule has 7 nitrogen and oxygen atoms in total. The molecule has 146 valence electrons. The summed E-state index contributed by atoms with van der Waals surface area (Å²) in [7, 11) is 0. The van der Waals surface area contributed by atoms with Gasteiger partial charge >= 0.3 is 11.4 Å². The van der Waals surface area contributed by atoms with Crippen LogP contribution in [0.15, 0.2) is 33.9 Å². The molecule has 0 radical (unpaired) electrons. The molecule has 0 unspecified atom stereocenters. The zero-order chi connectivity index (χ0) is 19.4.